The zero-order valence-electron chi connectivity index (χ0n) is 20.1. The van der Waals surface area contributed by atoms with Gasteiger partial charge in [-0.1, -0.05) is 91.0 Å². The van der Waals surface area contributed by atoms with E-state index in [4.69, 9.17) is 19.4 Å². The van der Waals surface area contributed by atoms with E-state index in [2.05, 4.69) is 42.5 Å². The minimum atomic E-state index is 0.663. The Balaban J connectivity index is 1.43. The fraction of sp³-hybridized carbons (Fsp3) is 0. The van der Waals surface area contributed by atoms with Gasteiger partial charge in [-0.15, -0.1) is 11.3 Å². The molecule has 0 bridgehead atoms. The minimum Gasteiger partial charge on any atom is -0.456 e. The van der Waals surface area contributed by atoms with Gasteiger partial charge < -0.3 is 4.42 Å². The molecule has 3 aromatic heterocycles. The van der Waals surface area contributed by atoms with Gasteiger partial charge in [-0.3, -0.25) is 0 Å². The lowest BCUT2D eigenvalue weighted by Gasteiger charge is -2.09. The molecule has 0 spiro atoms. The van der Waals surface area contributed by atoms with Crippen LogP contribution in [0.1, 0.15) is 0 Å². The summed E-state index contributed by atoms with van der Waals surface area (Å²) in [7, 11) is 0. The molecule has 0 unspecified atom stereocenters. The second kappa shape index (κ2) is 8.33. The highest BCUT2D eigenvalue weighted by molar-refractivity contribution is 7.26. The Bertz CT molecular complexity index is 2070. The molecule has 0 atom stereocenters. The van der Waals surface area contributed by atoms with Gasteiger partial charge in [-0.25, -0.2) is 15.0 Å². The van der Waals surface area contributed by atoms with E-state index in [1.54, 1.807) is 11.3 Å². The molecule has 0 radical (unpaired) electrons. The fourth-order valence-electron chi connectivity index (χ4n) is 5.21. The first-order chi connectivity index (χ1) is 18.8. The number of aromatic nitrogens is 3. The highest BCUT2D eigenvalue weighted by Gasteiger charge is 2.19. The minimum absolute atomic E-state index is 0.663. The van der Waals surface area contributed by atoms with Crippen molar-refractivity contribution >= 4 is 53.4 Å². The maximum Gasteiger partial charge on any atom is 0.165 e. The topological polar surface area (TPSA) is 51.8 Å². The van der Waals surface area contributed by atoms with Crippen molar-refractivity contribution in [3.8, 4) is 34.2 Å². The standard InChI is InChI=1S/C33H19N3OS/c1-3-10-20(11-4-1)31-34-32(21-12-5-2-6-13-21)36-33(35-31)24-16-9-15-23-29-27(38-30(23)24)19-18-26-28(29)22-14-7-8-17-25(22)37-26/h1-19H. The summed E-state index contributed by atoms with van der Waals surface area (Å²) < 4.78 is 8.57. The van der Waals surface area contributed by atoms with Crippen LogP contribution < -0.4 is 0 Å². The Morgan fingerprint density at radius 1 is 0.474 bits per heavy atom. The van der Waals surface area contributed by atoms with E-state index in [1.807, 2.05) is 72.8 Å². The normalized spacial score (nSPS) is 11.7. The number of rotatable bonds is 3. The lowest BCUT2D eigenvalue weighted by molar-refractivity contribution is 0.669. The zero-order valence-corrected chi connectivity index (χ0v) is 20.9. The molecule has 8 aromatic rings. The lowest BCUT2D eigenvalue weighted by atomic mass is 10.0. The van der Waals surface area contributed by atoms with E-state index in [0.29, 0.717) is 17.5 Å². The number of nitrogens with zero attached hydrogens (tertiary/aromatic N) is 3. The van der Waals surface area contributed by atoms with E-state index >= 15 is 0 Å². The molecular weight excluding hydrogens is 486 g/mol. The number of thiophene rings is 1. The van der Waals surface area contributed by atoms with Crippen LogP contribution in [0.5, 0.6) is 0 Å². The van der Waals surface area contributed by atoms with Gasteiger partial charge in [0.15, 0.2) is 17.5 Å². The van der Waals surface area contributed by atoms with E-state index in [9.17, 15) is 0 Å². The van der Waals surface area contributed by atoms with Gasteiger partial charge in [0.05, 0.1) is 0 Å². The van der Waals surface area contributed by atoms with Crippen LogP contribution in [0.15, 0.2) is 120 Å². The predicted octanol–water partition coefficient (Wildman–Crippen LogP) is 9.14. The summed E-state index contributed by atoms with van der Waals surface area (Å²) in [5.74, 6) is 2.00. The molecule has 3 heterocycles. The number of hydrogen-bond donors (Lipinski definition) is 0. The number of hydrogen-bond acceptors (Lipinski definition) is 5. The van der Waals surface area contributed by atoms with Crippen molar-refractivity contribution in [3.05, 3.63) is 115 Å². The Kier molecular flexibility index (Phi) is 4.66. The van der Waals surface area contributed by atoms with Crippen molar-refractivity contribution in [1.82, 2.24) is 15.0 Å². The number of fused-ring (bicyclic) bond motifs is 7. The third-order valence-electron chi connectivity index (χ3n) is 6.94. The van der Waals surface area contributed by atoms with Gasteiger partial charge >= 0.3 is 0 Å². The van der Waals surface area contributed by atoms with Crippen molar-refractivity contribution < 1.29 is 4.42 Å². The number of furan rings is 1. The maximum absolute atomic E-state index is 6.19. The fourth-order valence-corrected chi connectivity index (χ4v) is 6.43. The molecule has 38 heavy (non-hydrogen) atoms. The maximum atomic E-state index is 6.19. The van der Waals surface area contributed by atoms with Gasteiger partial charge in [0, 0.05) is 47.6 Å². The van der Waals surface area contributed by atoms with Crippen LogP contribution in [0.3, 0.4) is 0 Å². The Morgan fingerprint density at radius 3 is 1.84 bits per heavy atom. The molecule has 0 N–H and O–H groups in total. The first-order valence-electron chi connectivity index (χ1n) is 12.5. The van der Waals surface area contributed by atoms with Gasteiger partial charge in [-0.05, 0) is 24.3 Å². The summed E-state index contributed by atoms with van der Waals surface area (Å²) in [5.41, 5.74) is 4.73. The largest absolute Gasteiger partial charge is 0.456 e. The SMILES string of the molecule is c1ccc(-c2nc(-c3ccccc3)nc(-c3cccc4c3sc3ccc5oc6ccccc6c5c34)n2)cc1. The first-order valence-corrected chi connectivity index (χ1v) is 13.3. The molecule has 4 nitrogen and oxygen atoms in total. The van der Waals surface area contributed by atoms with Gasteiger partial charge in [0.1, 0.15) is 11.2 Å². The van der Waals surface area contributed by atoms with Crippen LogP contribution in [0.2, 0.25) is 0 Å². The van der Waals surface area contributed by atoms with E-state index in [1.165, 1.54) is 15.5 Å². The molecule has 0 amide bonds. The Labute approximate surface area is 221 Å². The lowest BCUT2D eigenvalue weighted by Crippen LogP contribution is -2.00. The highest BCUT2D eigenvalue weighted by atomic mass is 32.1. The third-order valence-corrected chi connectivity index (χ3v) is 8.15. The number of benzene rings is 5. The summed E-state index contributed by atoms with van der Waals surface area (Å²) in [4.78, 5) is 14.8. The van der Waals surface area contributed by atoms with Crippen LogP contribution in [0.4, 0.5) is 0 Å². The molecule has 5 heteroatoms. The smallest absolute Gasteiger partial charge is 0.165 e. The average Bonchev–Trinajstić information content (AvgIpc) is 3.56. The summed E-state index contributed by atoms with van der Waals surface area (Å²) in [6.07, 6.45) is 0. The quantitative estimate of drug-likeness (QED) is 0.240. The summed E-state index contributed by atoms with van der Waals surface area (Å²) >= 11 is 1.77. The van der Waals surface area contributed by atoms with Gasteiger partial charge in [-0.2, -0.15) is 0 Å². The van der Waals surface area contributed by atoms with Crippen molar-refractivity contribution in [2.75, 3.05) is 0 Å². The first kappa shape index (κ1) is 21.2. The highest BCUT2D eigenvalue weighted by Crippen LogP contribution is 2.45. The van der Waals surface area contributed by atoms with E-state index < -0.39 is 0 Å². The molecule has 0 saturated heterocycles. The molecular formula is C33H19N3OS. The van der Waals surface area contributed by atoms with Crippen molar-refractivity contribution in [1.29, 1.82) is 0 Å². The van der Waals surface area contributed by atoms with Crippen LogP contribution in [-0.4, -0.2) is 15.0 Å². The Morgan fingerprint density at radius 2 is 1.11 bits per heavy atom. The third kappa shape index (κ3) is 3.26. The molecule has 8 rings (SSSR count). The molecule has 0 saturated carbocycles. The van der Waals surface area contributed by atoms with Crippen molar-refractivity contribution in [2.24, 2.45) is 0 Å². The van der Waals surface area contributed by atoms with Gasteiger partial charge in [0.2, 0.25) is 0 Å². The predicted molar refractivity (Wildman–Crippen MR) is 156 cm³/mol. The summed E-state index contributed by atoms with van der Waals surface area (Å²) in [6.45, 7) is 0. The molecule has 0 aliphatic rings. The van der Waals surface area contributed by atoms with Crippen molar-refractivity contribution in [3.63, 3.8) is 0 Å². The van der Waals surface area contributed by atoms with E-state index in [0.717, 1.165) is 43.3 Å². The molecule has 5 aromatic carbocycles. The monoisotopic (exact) mass is 505 g/mol. The average molecular weight is 506 g/mol. The number of para-hydroxylation sites is 1. The van der Waals surface area contributed by atoms with Crippen molar-refractivity contribution in [2.45, 2.75) is 0 Å². The molecule has 0 aliphatic carbocycles. The van der Waals surface area contributed by atoms with Crippen LogP contribution in [-0.2, 0) is 0 Å². The van der Waals surface area contributed by atoms with Crippen LogP contribution in [0.25, 0.3) is 76.3 Å². The van der Waals surface area contributed by atoms with Crippen LogP contribution in [0, 0.1) is 0 Å². The summed E-state index contributed by atoms with van der Waals surface area (Å²) in [6, 6.07) is 39.1. The molecule has 0 fully saturated rings. The second-order valence-corrected chi connectivity index (χ2v) is 10.3. The summed E-state index contributed by atoms with van der Waals surface area (Å²) in [5, 5.41) is 4.70. The van der Waals surface area contributed by atoms with Gasteiger partial charge in [0.25, 0.3) is 0 Å². The molecule has 178 valence electrons. The van der Waals surface area contributed by atoms with E-state index in [-0.39, 0.29) is 0 Å². The zero-order chi connectivity index (χ0) is 25.1. The van der Waals surface area contributed by atoms with Crippen LogP contribution >= 0.6 is 11.3 Å². The second-order valence-electron chi connectivity index (χ2n) is 9.23. The Hall–Kier alpha value is -4.87. The molecule has 0 aliphatic heterocycles.